The molecular formula is C15H26N8O3S. The molecule has 0 spiro atoms. The molecule has 0 amide bonds. The van der Waals surface area contributed by atoms with Gasteiger partial charge in [0.2, 0.25) is 0 Å². The molecule has 2 aromatic heterocycles. The van der Waals surface area contributed by atoms with Gasteiger partial charge in [-0.1, -0.05) is 0 Å². The first-order valence-electron chi connectivity index (χ1n) is 8.72. The van der Waals surface area contributed by atoms with Crippen LogP contribution < -0.4 is 0 Å². The van der Waals surface area contributed by atoms with Crippen LogP contribution >= 0.6 is 0 Å². The van der Waals surface area contributed by atoms with Crippen LogP contribution in [0.5, 0.6) is 0 Å². The number of imidazole rings is 1. The minimum absolute atomic E-state index is 0.0542. The van der Waals surface area contributed by atoms with Crippen LogP contribution in [0.15, 0.2) is 17.6 Å². The molecule has 0 radical (unpaired) electrons. The summed E-state index contributed by atoms with van der Waals surface area (Å²) in [5, 5.41) is 12.2. The Bertz CT molecular complexity index is 877. The molecule has 1 unspecified atom stereocenters. The molecule has 0 saturated carbocycles. The Morgan fingerprint density at radius 1 is 1.37 bits per heavy atom. The number of sulfonamides is 1. The Hall–Kier alpha value is -1.89. The minimum atomic E-state index is -3.69. The molecule has 0 aliphatic carbocycles. The Morgan fingerprint density at radius 2 is 2.15 bits per heavy atom. The summed E-state index contributed by atoms with van der Waals surface area (Å²) in [7, 11) is 3.52. The van der Waals surface area contributed by atoms with Crippen molar-refractivity contribution in [1.82, 2.24) is 39.0 Å². The molecule has 1 fully saturated rings. The lowest BCUT2D eigenvalue weighted by molar-refractivity contribution is 0.0619. The summed E-state index contributed by atoms with van der Waals surface area (Å²) in [6, 6.07) is 0. The van der Waals surface area contributed by atoms with Crippen LogP contribution in [0.2, 0.25) is 0 Å². The van der Waals surface area contributed by atoms with Crippen molar-refractivity contribution in [2.45, 2.75) is 30.0 Å². The number of likely N-dealkylation sites (N-methyl/N-ethyl adjacent to an activating group) is 1. The van der Waals surface area contributed by atoms with Gasteiger partial charge in [0.25, 0.3) is 10.0 Å². The summed E-state index contributed by atoms with van der Waals surface area (Å²) < 4.78 is 36.1. The van der Waals surface area contributed by atoms with Gasteiger partial charge in [-0.2, -0.15) is 4.31 Å². The number of piperidine rings is 1. The molecule has 27 heavy (non-hydrogen) atoms. The predicted molar refractivity (Wildman–Crippen MR) is 96.3 cm³/mol. The number of hydrogen-bond donors (Lipinski definition) is 0. The lowest BCUT2D eigenvalue weighted by Crippen LogP contribution is -2.56. The van der Waals surface area contributed by atoms with Crippen LogP contribution in [0.1, 0.15) is 18.7 Å². The molecular weight excluding hydrogens is 372 g/mol. The van der Waals surface area contributed by atoms with Crippen LogP contribution in [0.4, 0.5) is 0 Å². The van der Waals surface area contributed by atoms with E-state index in [1.807, 2.05) is 19.0 Å². The first-order chi connectivity index (χ1) is 12.8. The summed E-state index contributed by atoms with van der Waals surface area (Å²) in [5.41, 5.74) is -0.628. The highest BCUT2D eigenvalue weighted by Gasteiger charge is 2.46. The highest BCUT2D eigenvalue weighted by Crippen LogP contribution is 2.36. The summed E-state index contributed by atoms with van der Waals surface area (Å²) >= 11 is 0. The van der Waals surface area contributed by atoms with Crippen LogP contribution in [0.3, 0.4) is 0 Å². The number of ether oxygens (including phenoxy) is 1. The van der Waals surface area contributed by atoms with Crippen molar-refractivity contribution in [1.29, 1.82) is 0 Å². The second-order valence-electron chi connectivity index (χ2n) is 6.96. The van der Waals surface area contributed by atoms with Gasteiger partial charge in [-0.15, -0.1) is 5.10 Å². The van der Waals surface area contributed by atoms with E-state index in [1.54, 1.807) is 23.4 Å². The molecule has 0 bridgehead atoms. The first kappa shape index (κ1) is 19.9. The van der Waals surface area contributed by atoms with E-state index in [9.17, 15) is 8.42 Å². The lowest BCUT2D eigenvalue weighted by atomic mass is 9.88. The number of methoxy groups -OCH3 is 1. The molecule has 150 valence electrons. The van der Waals surface area contributed by atoms with Crippen molar-refractivity contribution in [3.05, 3.63) is 18.3 Å². The topological polar surface area (TPSA) is 111 Å². The molecule has 11 nitrogen and oxygen atoms in total. The van der Waals surface area contributed by atoms with Crippen molar-refractivity contribution in [3.63, 3.8) is 0 Å². The van der Waals surface area contributed by atoms with E-state index in [-0.39, 0.29) is 11.6 Å². The maximum Gasteiger partial charge on any atom is 0.262 e. The normalized spacial score (nSPS) is 21.8. The largest absolute Gasteiger partial charge is 0.383 e. The zero-order chi connectivity index (χ0) is 19.7. The third-order valence-electron chi connectivity index (χ3n) is 5.03. The third kappa shape index (κ3) is 3.61. The molecule has 2 aromatic rings. The van der Waals surface area contributed by atoms with Crippen molar-refractivity contribution >= 4 is 10.0 Å². The molecule has 1 saturated heterocycles. The van der Waals surface area contributed by atoms with Gasteiger partial charge in [-0.05, 0) is 37.4 Å². The molecule has 1 aliphatic rings. The number of aromatic nitrogens is 6. The average Bonchev–Trinajstić information content (AvgIpc) is 3.29. The lowest BCUT2D eigenvalue weighted by Gasteiger charge is -2.45. The summed E-state index contributed by atoms with van der Waals surface area (Å²) in [4.78, 5) is 6.04. The zero-order valence-electron chi connectivity index (χ0n) is 16.1. The average molecular weight is 398 g/mol. The SMILES string of the molecule is COCCn1nnnc1C1(N(C)C)CCCN(S(=O)(=O)c2cn(C)cn2)C1. The standard InChI is InChI=1S/C15H26N8O3S/c1-20(2)15(14-17-18-19-23(14)8-9-26-4)6-5-7-22(11-15)27(24,25)13-10-21(3)12-16-13/h10,12H,5-9,11H2,1-4H3. The van der Waals surface area contributed by atoms with Gasteiger partial charge >= 0.3 is 0 Å². The van der Waals surface area contributed by atoms with E-state index in [1.165, 1.54) is 16.8 Å². The number of rotatable bonds is 7. The van der Waals surface area contributed by atoms with E-state index in [0.717, 1.165) is 6.42 Å². The molecule has 1 aliphatic heterocycles. The molecule has 0 N–H and O–H groups in total. The van der Waals surface area contributed by atoms with Crippen molar-refractivity contribution in [2.75, 3.05) is 40.9 Å². The van der Waals surface area contributed by atoms with E-state index in [0.29, 0.717) is 31.9 Å². The fourth-order valence-corrected chi connectivity index (χ4v) is 4.97. The van der Waals surface area contributed by atoms with Gasteiger partial charge in [-0.3, -0.25) is 4.90 Å². The quantitative estimate of drug-likeness (QED) is 0.602. The maximum atomic E-state index is 13.1. The molecule has 0 aromatic carbocycles. The number of tetrazole rings is 1. The van der Waals surface area contributed by atoms with E-state index < -0.39 is 15.6 Å². The van der Waals surface area contributed by atoms with Gasteiger partial charge in [0, 0.05) is 33.4 Å². The van der Waals surface area contributed by atoms with Gasteiger partial charge in [-0.25, -0.2) is 18.1 Å². The Balaban J connectivity index is 1.96. The highest BCUT2D eigenvalue weighted by molar-refractivity contribution is 7.89. The van der Waals surface area contributed by atoms with Crippen molar-refractivity contribution in [3.8, 4) is 0 Å². The van der Waals surface area contributed by atoms with Crippen LogP contribution in [0.25, 0.3) is 0 Å². The van der Waals surface area contributed by atoms with Gasteiger partial charge in [0.05, 0.1) is 25.0 Å². The predicted octanol–water partition coefficient (Wildman–Crippen LogP) is -0.705. The maximum absolute atomic E-state index is 13.1. The molecule has 12 heteroatoms. The Labute approximate surface area is 159 Å². The van der Waals surface area contributed by atoms with Crippen LogP contribution in [0, 0.1) is 0 Å². The minimum Gasteiger partial charge on any atom is -0.383 e. The van der Waals surface area contributed by atoms with E-state index >= 15 is 0 Å². The van der Waals surface area contributed by atoms with Gasteiger partial charge < -0.3 is 9.30 Å². The van der Waals surface area contributed by atoms with Crippen molar-refractivity contribution in [2.24, 2.45) is 7.05 Å². The smallest absolute Gasteiger partial charge is 0.262 e. The second kappa shape index (κ2) is 7.62. The fraction of sp³-hybridized carbons (Fsp3) is 0.733. The monoisotopic (exact) mass is 398 g/mol. The number of nitrogens with zero attached hydrogens (tertiary/aromatic N) is 8. The van der Waals surface area contributed by atoms with E-state index in [4.69, 9.17) is 4.74 Å². The highest BCUT2D eigenvalue weighted by atomic mass is 32.2. The van der Waals surface area contributed by atoms with Crippen LogP contribution in [-0.2, 0) is 33.9 Å². The summed E-state index contributed by atoms with van der Waals surface area (Å²) in [6.07, 6.45) is 4.45. The van der Waals surface area contributed by atoms with Gasteiger partial charge in [0.1, 0.15) is 0 Å². The zero-order valence-corrected chi connectivity index (χ0v) is 16.9. The first-order valence-corrected chi connectivity index (χ1v) is 10.2. The molecule has 3 heterocycles. The number of aryl methyl sites for hydroxylation is 1. The van der Waals surface area contributed by atoms with Crippen molar-refractivity contribution < 1.29 is 13.2 Å². The second-order valence-corrected chi connectivity index (χ2v) is 8.85. The molecule has 3 rings (SSSR count). The Kier molecular flexibility index (Phi) is 5.60. The van der Waals surface area contributed by atoms with Gasteiger partial charge in [0.15, 0.2) is 10.9 Å². The summed E-state index contributed by atoms with van der Waals surface area (Å²) in [5.74, 6) is 0.644. The van der Waals surface area contributed by atoms with Crippen LogP contribution in [-0.4, -0.2) is 88.3 Å². The van der Waals surface area contributed by atoms with E-state index in [2.05, 4.69) is 20.5 Å². The third-order valence-corrected chi connectivity index (χ3v) is 6.76. The molecule has 1 atom stereocenters. The fourth-order valence-electron chi connectivity index (χ4n) is 3.47. The summed E-state index contributed by atoms with van der Waals surface area (Å²) in [6.45, 7) is 1.67. The Morgan fingerprint density at radius 3 is 2.78 bits per heavy atom. The number of hydrogen-bond acceptors (Lipinski definition) is 8.